The first kappa shape index (κ1) is 79.3. The first-order valence-electron chi connectivity index (χ1n) is 34.7. The van der Waals surface area contributed by atoms with E-state index in [9.17, 15) is 66.1 Å². The van der Waals surface area contributed by atoms with Gasteiger partial charge >= 0.3 is 0 Å². The molecule has 4 aliphatic heterocycles. The standard InChI is InChI=1S/C60H127N19O13/c1-31-23-45(57(90)70-39(19-22-68-60(65)66)53(86)72-41(50(64)83)28-49(81)82)78(29-31)59(92)46-24-32(2)30-79(46)58(91)40-15-9-10-21-67-48(80)17-16-37(63)51(84)73-44(27-47-76-77-47)56(89)75-43(26-34-11-5-4-6-12-34)55(88)69-38(18-20-61)52(85)74-42(54(87)71-40)25-33(3)35-13-7-8-14-36(35)62/h31-47,49-60,68-77,81-92H,4-30,61-66H2,1-3H3,(H,67,80). The average molecular weight is 1320 g/mol. The lowest BCUT2D eigenvalue weighted by Crippen LogP contribution is -2.65. The SMILES string of the molecule is CC1CC(C(O)NC(CCNC(N)N)C(O)NC(CC(O)O)C(N)O)N(C(O)C2CC(C)CN2C(O)C2CCCCNC(=O)CCC(N)C(O)NC(CC3NN3)C(O)NC(CC3CCCCC3)C(O)NC(CCN)C(O)NC(CC(C)C3CCCCC3N)C(O)N2)C1. The van der Waals surface area contributed by atoms with Gasteiger partial charge in [-0.05, 0) is 126 Å². The first-order valence-corrected chi connectivity index (χ1v) is 34.7. The number of carbonyl (C=O) groups is 1. The van der Waals surface area contributed by atoms with Crippen LogP contribution in [-0.4, -0.2) is 257 Å². The van der Waals surface area contributed by atoms with Crippen molar-refractivity contribution in [3.05, 3.63) is 0 Å². The number of likely N-dealkylation sites (tertiary alicyclic amines) is 2. The van der Waals surface area contributed by atoms with Crippen LogP contribution in [0.15, 0.2) is 0 Å². The molecular formula is C60H127N19O13. The van der Waals surface area contributed by atoms with Gasteiger partial charge in [0, 0.05) is 74.8 Å². The van der Waals surface area contributed by atoms with Crippen LogP contribution < -0.4 is 93.1 Å². The summed E-state index contributed by atoms with van der Waals surface area (Å²) in [6.07, 6.45) is -4.82. The van der Waals surface area contributed by atoms with E-state index in [1.165, 1.54) is 0 Å². The summed E-state index contributed by atoms with van der Waals surface area (Å²) in [7, 11) is 0. The van der Waals surface area contributed by atoms with E-state index < -0.39 is 142 Å². The van der Waals surface area contributed by atoms with E-state index >= 15 is 0 Å². The normalized spacial score (nSPS) is 37.1. The third-order valence-electron chi connectivity index (χ3n) is 20.5. The van der Waals surface area contributed by atoms with Gasteiger partial charge in [-0.25, -0.2) is 10.9 Å². The summed E-state index contributed by atoms with van der Waals surface area (Å²) in [5.41, 5.74) is 42.8. The largest absolute Gasteiger partial charge is 0.377 e. The second kappa shape index (κ2) is 39.8. The van der Waals surface area contributed by atoms with E-state index in [2.05, 4.69) is 65.6 Å². The molecule has 25 unspecified atom stereocenters. The topological polar surface area (TPSA) is 575 Å². The van der Waals surface area contributed by atoms with Crippen molar-refractivity contribution < 1.29 is 66.1 Å². The lowest BCUT2D eigenvalue weighted by atomic mass is 9.75. The van der Waals surface area contributed by atoms with Crippen LogP contribution in [0, 0.1) is 29.6 Å². The molecule has 92 heavy (non-hydrogen) atoms. The number of amides is 1. The summed E-state index contributed by atoms with van der Waals surface area (Å²) in [5.74, 6) is -0.0694. The summed E-state index contributed by atoms with van der Waals surface area (Å²) < 4.78 is 0. The van der Waals surface area contributed by atoms with Crippen molar-refractivity contribution in [2.24, 2.45) is 64.0 Å². The summed E-state index contributed by atoms with van der Waals surface area (Å²) in [6, 6.07) is -8.71. The molecule has 540 valence electrons. The molecule has 4 heterocycles. The molecule has 6 fully saturated rings. The number of nitrogens with two attached hydrogens (primary N) is 6. The number of carbonyl (C=O) groups excluding carboxylic acids is 1. The highest BCUT2D eigenvalue weighted by Gasteiger charge is 2.48. The number of rotatable bonds is 26. The zero-order valence-corrected chi connectivity index (χ0v) is 55.0. The molecule has 35 N–H and O–H groups in total. The van der Waals surface area contributed by atoms with Crippen LogP contribution in [-0.2, 0) is 4.79 Å². The highest BCUT2D eigenvalue weighted by molar-refractivity contribution is 5.75. The maximum Gasteiger partial charge on any atom is 0.220 e. The highest BCUT2D eigenvalue weighted by Crippen LogP contribution is 2.36. The minimum absolute atomic E-state index is 0.00112. The average Bonchev–Trinajstić information content (AvgIpc) is 1.62. The molecule has 2 saturated carbocycles. The molecule has 0 aromatic rings. The van der Waals surface area contributed by atoms with E-state index in [0.29, 0.717) is 58.0 Å². The minimum atomic E-state index is -1.86. The minimum Gasteiger partial charge on any atom is -0.377 e. The van der Waals surface area contributed by atoms with Crippen LogP contribution in [0.1, 0.15) is 162 Å². The Morgan fingerprint density at radius 1 is 0.620 bits per heavy atom. The van der Waals surface area contributed by atoms with Crippen molar-refractivity contribution in [2.45, 2.75) is 310 Å². The summed E-state index contributed by atoms with van der Waals surface area (Å²) in [4.78, 5) is 17.0. The van der Waals surface area contributed by atoms with Gasteiger partial charge in [0.2, 0.25) is 5.91 Å². The Morgan fingerprint density at radius 3 is 1.83 bits per heavy atom. The van der Waals surface area contributed by atoms with Gasteiger partial charge in [0.05, 0.1) is 30.3 Å². The molecule has 25 atom stereocenters. The molecule has 0 aromatic carbocycles. The third kappa shape index (κ3) is 25.5. The van der Waals surface area contributed by atoms with Crippen LogP contribution in [0.2, 0.25) is 0 Å². The maximum atomic E-state index is 13.3. The van der Waals surface area contributed by atoms with Crippen LogP contribution in [0.3, 0.4) is 0 Å². The molecule has 1 amide bonds. The molecule has 0 radical (unpaired) electrons. The second-order valence-electron chi connectivity index (χ2n) is 28.3. The van der Waals surface area contributed by atoms with Gasteiger partial charge < -0.3 is 101 Å². The maximum absolute atomic E-state index is 13.3. The van der Waals surface area contributed by atoms with Crippen LogP contribution in [0.25, 0.3) is 0 Å². The van der Waals surface area contributed by atoms with Crippen LogP contribution in [0.5, 0.6) is 0 Å². The van der Waals surface area contributed by atoms with Crippen molar-refractivity contribution in [3.63, 3.8) is 0 Å². The summed E-state index contributed by atoms with van der Waals surface area (Å²) in [5, 5.41) is 168. The quantitative estimate of drug-likeness (QED) is 0.0283. The van der Waals surface area contributed by atoms with Crippen LogP contribution in [0.4, 0.5) is 0 Å². The van der Waals surface area contributed by atoms with E-state index in [4.69, 9.17) is 34.4 Å². The predicted molar refractivity (Wildman–Crippen MR) is 346 cm³/mol. The van der Waals surface area contributed by atoms with E-state index in [1.807, 2.05) is 18.7 Å². The van der Waals surface area contributed by atoms with E-state index in [0.717, 1.165) is 57.8 Å². The summed E-state index contributed by atoms with van der Waals surface area (Å²) >= 11 is 0. The van der Waals surface area contributed by atoms with Gasteiger partial charge in [-0.2, -0.15) is 0 Å². The molecule has 2 aliphatic carbocycles. The number of hydrogen-bond acceptors (Lipinski definition) is 31. The van der Waals surface area contributed by atoms with Gasteiger partial charge in [-0.15, -0.1) is 0 Å². The molecule has 32 heteroatoms. The van der Waals surface area contributed by atoms with Gasteiger partial charge in [-0.1, -0.05) is 65.7 Å². The van der Waals surface area contributed by atoms with Gasteiger partial charge in [0.1, 0.15) is 68.6 Å². The predicted octanol–water partition coefficient (Wildman–Crippen LogP) is -7.77. The molecule has 0 bridgehead atoms. The van der Waals surface area contributed by atoms with E-state index in [1.54, 1.807) is 4.90 Å². The molecule has 6 aliphatic rings. The fourth-order valence-electron chi connectivity index (χ4n) is 15.2. The molecule has 0 aromatic heterocycles. The molecular weight excluding hydrogens is 1190 g/mol. The Kier molecular flexibility index (Phi) is 34.3. The Hall–Kier alpha value is -1.73. The number of nitrogens with one attached hydrogen (secondary N) is 11. The number of nitrogens with zero attached hydrogens (tertiary/aromatic N) is 2. The number of hydrazine groups is 1. The molecule has 0 spiro atoms. The third-order valence-corrected chi connectivity index (χ3v) is 20.5. The van der Waals surface area contributed by atoms with Gasteiger partial charge in [0.25, 0.3) is 0 Å². The Labute approximate surface area is 545 Å². The Bertz CT molecular complexity index is 2040. The van der Waals surface area contributed by atoms with Crippen molar-refractivity contribution in [1.29, 1.82) is 0 Å². The number of aliphatic hydroxyl groups is 12. The monoisotopic (exact) mass is 1320 g/mol. The molecule has 32 nitrogen and oxygen atoms in total. The zero-order chi connectivity index (χ0) is 67.3. The highest BCUT2D eigenvalue weighted by atomic mass is 16.5. The summed E-state index contributed by atoms with van der Waals surface area (Å²) in [6.45, 7) is 7.34. The van der Waals surface area contributed by atoms with Crippen LogP contribution >= 0.6 is 0 Å². The zero-order valence-electron chi connectivity index (χ0n) is 55.0. The first-order chi connectivity index (χ1) is 43.7. The smallest absolute Gasteiger partial charge is 0.220 e. The van der Waals surface area contributed by atoms with Crippen molar-refractivity contribution in [1.82, 2.24) is 68.5 Å². The van der Waals surface area contributed by atoms with Crippen molar-refractivity contribution in [2.75, 3.05) is 32.7 Å². The molecule has 6 rings (SSSR count). The Morgan fingerprint density at radius 2 is 1.20 bits per heavy atom. The van der Waals surface area contributed by atoms with Gasteiger partial charge in [-0.3, -0.25) is 57.1 Å². The fraction of sp³-hybridized carbons (Fsp3) is 0.983. The Balaban J connectivity index is 1.29. The van der Waals surface area contributed by atoms with Crippen molar-refractivity contribution >= 4 is 5.91 Å². The van der Waals surface area contributed by atoms with Crippen molar-refractivity contribution in [3.8, 4) is 0 Å². The lowest BCUT2D eigenvalue weighted by molar-refractivity contribution is -0.127. The lowest BCUT2D eigenvalue weighted by Gasteiger charge is -2.43. The van der Waals surface area contributed by atoms with E-state index in [-0.39, 0.29) is 99.4 Å². The fourth-order valence-corrected chi connectivity index (χ4v) is 15.2. The second-order valence-corrected chi connectivity index (χ2v) is 28.3. The molecule has 4 saturated heterocycles. The number of aliphatic hydroxyl groups excluding tert-OH is 11. The van der Waals surface area contributed by atoms with Gasteiger partial charge in [0.15, 0.2) is 6.29 Å². The number of hydrogen-bond donors (Lipinski definition) is 29.